The molecule has 0 bridgehead atoms. The predicted octanol–water partition coefficient (Wildman–Crippen LogP) is 3.05. The zero-order valence-electron chi connectivity index (χ0n) is 11.9. The summed E-state index contributed by atoms with van der Waals surface area (Å²) in [5, 5.41) is 11.0. The molecule has 0 spiro atoms. The van der Waals surface area contributed by atoms with Crippen molar-refractivity contribution in [3.05, 3.63) is 47.5 Å². The third kappa shape index (κ3) is 2.73. The highest BCUT2D eigenvalue weighted by Crippen LogP contribution is 2.41. The van der Waals surface area contributed by atoms with E-state index in [1.54, 1.807) is 18.2 Å². The number of fused-ring (bicyclic) bond motifs is 1. The highest BCUT2D eigenvalue weighted by atomic mass is 19.4. The van der Waals surface area contributed by atoms with Crippen molar-refractivity contribution in [2.45, 2.75) is 18.6 Å². The van der Waals surface area contributed by atoms with Gasteiger partial charge in [-0.15, -0.1) is 0 Å². The van der Waals surface area contributed by atoms with E-state index in [0.29, 0.717) is 5.39 Å². The van der Waals surface area contributed by atoms with Gasteiger partial charge in [-0.05, 0) is 17.0 Å². The van der Waals surface area contributed by atoms with Crippen LogP contribution in [-0.2, 0) is 4.79 Å². The van der Waals surface area contributed by atoms with E-state index < -0.39 is 18.1 Å². The average Bonchev–Trinajstić information content (AvgIpc) is 2.91. The standard InChI is InChI=1S/C16H12F3N3O/c17-16(18,19)15(22-8-7-13(23)21-22)12-6-2-4-10-3-1-5-11(9-20)14(10)12/h1-6,15H,7-8H2,(H,21,23). The molecule has 23 heavy (non-hydrogen) atoms. The van der Waals surface area contributed by atoms with Crippen LogP contribution in [0.3, 0.4) is 0 Å². The van der Waals surface area contributed by atoms with Gasteiger partial charge in [0.1, 0.15) is 0 Å². The van der Waals surface area contributed by atoms with E-state index >= 15 is 0 Å². The molecule has 1 fully saturated rings. The summed E-state index contributed by atoms with van der Waals surface area (Å²) in [6.45, 7) is -0.0336. The van der Waals surface area contributed by atoms with Crippen LogP contribution in [0.2, 0.25) is 0 Å². The number of carbonyl (C=O) groups is 1. The summed E-state index contributed by atoms with van der Waals surface area (Å²) in [6, 6.07) is 9.27. The molecular formula is C16H12F3N3O. The van der Waals surface area contributed by atoms with E-state index in [4.69, 9.17) is 0 Å². The first kappa shape index (κ1) is 15.3. The highest BCUT2D eigenvalue weighted by Gasteiger charge is 2.47. The number of amides is 1. The van der Waals surface area contributed by atoms with Gasteiger partial charge >= 0.3 is 6.18 Å². The van der Waals surface area contributed by atoms with Crippen LogP contribution in [-0.4, -0.2) is 23.6 Å². The van der Waals surface area contributed by atoms with Crippen LogP contribution >= 0.6 is 0 Å². The fourth-order valence-corrected chi connectivity index (χ4v) is 2.90. The van der Waals surface area contributed by atoms with E-state index in [1.807, 2.05) is 6.07 Å². The molecule has 1 aliphatic rings. The molecule has 4 nitrogen and oxygen atoms in total. The molecule has 0 radical (unpaired) electrons. The van der Waals surface area contributed by atoms with Gasteiger partial charge in [-0.2, -0.15) is 18.4 Å². The molecule has 2 aromatic rings. The second-order valence-electron chi connectivity index (χ2n) is 5.29. The zero-order valence-corrected chi connectivity index (χ0v) is 11.9. The Hall–Kier alpha value is -2.59. The summed E-state index contributed by atoms with van der Waals surface area (Å²) in [5.74, 6) is -0.444. The number of benzene rings is 2. The Labute approximate surface area is 130 Å². The van der Waals surface area contributed by atoms with E-state index in [9.17, 15) is 23.2 Å². The molecule has 118 valence electrons. The number of nitriles is 1. The molecule has 1 aliphatic heterocycles. The molecule has 0 saturated carbocycles. The van der Waals surface area contributed by atoms with Crippen molar-refractivity contribution >= 4 is 16.7 Å². The van der Waals surface area contributed by atoms with Gasteiger partial charge in [-0.25, -0.2) is 5.01 Å². The molecule has 2 aromatic carbocycles. The van der Waals surface area contributed by atoms with Gasteiger partial charge in [-0.3, -0.25) is 10.2 Å². The van der Waals surface area contributed by atoms with Crippen LogP contribution in [0.15, 0.2) is 36.4 Å². The van der Waals surface area contributed by atoms with Gasteiger partial charge < -0.3 is 0 Å². The second kappa shape index (κ2) is 5.56. The monoisotopic (exact) mass is 319 g/mol. The Morgan fingerprint density at radius 3 is 2.48 bits per heavy atom. The minimum absolute atomic E-state index is 0.0163. The lowest BCUT2D eigenvalue weighted by Gasteiger charge is -2.30. The normalized spacial score (nSPS) is 17.0. The topological polar surface area (TPSA) is 56.1 Å². The van der Waals surface area contributed by atoms with Gasteiger partial charge in [0.25, 0.3) is 0 Å². The first-order valence-electron chi connectivity index (χ1n) is 6.96. The molecule has 1 amide bonds. The van der Waals surface area contributed by atoms with Crippen LogP contribution in [0.25, 0.3) is 10.8 Å². The van der Waals surface area contributed by atoms with Crippen LogP contribution < -0.4 is 5.43 Å². The number of carbonyl (C=O) groups excluding carboxylic acids is 1. The number of rotatable bonds is 2. The van der Waals surface area contributed by atoms with Crippen molar-refractivity contribution in [1.29, 1.82) is 5.26 Å². The molecule has 0 aliphatic carbocycles. The number of alkyl halides is 3. The van der Waals surface area contributed by atoms with Crippen molar-refractivity contribution in [2.75, 3.05) is 6.54 Å². The number of nitrogens with one attached hydrogen (secondary N) is 1. The Morgan fingerprint density at radius 1 is 1.22 bits per heavy atom. The van der Waals surface area contributed by atoms with Crippen molar-refractivity contribution in [3.8, 4) is 6.07 Å². The van der Waals surface area contributed by atoms with E-state index in [0.717, 1.165) is 5.01 Å². The first-order valence-corrected chi connectivity index (χ1v) is 6.96. The van der Waals surface area contributed by atoms with Crippen molar-refractivity contribution in [3.63, 3.8) is 0 Å². The third-order valence-electron chi connectivity index (χ3n) is 3.82. The van der Waals surface area contributed by atoms with Crippen molar-refractivity contribution < 1.29 is 18.0 Å². The molecule has 3 rings (SSSR count). The van der Waals surface area contributed by atoms with Crippen molar-refractivity contribution in [1.82, 2.24) is 10.4 Å². The largest absolute Gasteiger partial charge is 0.409 e. The maximum absolute atomic E-state index is 13.7. The van der Waals surface area contributed by atoms with Crippen LogP contribution in [0.4, 0.5) is 13.2 Å². The summed E-state index contributed by atoms with van der Waals surface area (Å²) in [7, 11) is 0. The highest BCUT2D eigenvalue weighted by molar-refractivity contribution is 5.91. The van der Waals surface area contributed by atoms with Gasteiger partial charge in [0, 0.05) is 18.4 Å². The lowest BCUT2D eigenvalue weighted by Crippen LogP contribution is -2.43. The van der Waals surface area contributed by atoms with Crippen LogP contribution in [0, 0.1) is 11.3 Å². The Bertz CT molecular complexity index is 805. The number of hydrazine groups is 1. The van der Waals surface area contributed by atoms with Gasteiger partial charge in [0.2, 0.25) is 5.91 Å². The summed E-state index contributed by atoms with van der Waals surface area (Å²) in [5.41, 5.74) is 2.40. The Kier molecular flexibility index (Phi) is 3.70. The summed E-state index contributed by atoms with van der Waals surface area (Å²) < 4.78 is 41.0. The van der Waals surface area contributed by atoms with Crippen LogP contribution in [0.1, 0.15) is 23.6 Å². The van der Waals surface area contributed by atoms with Gasteiger partial charge in [0.15, 0.2) is 6.04 Å². The molecule has 0 aromatic heterocycles. The smallest absolute Gasteiger partial charge is 0.288 e. The Morgan fingerprint density at radius 2 is 1.91 bits per heavy atom. The maximum Gasteiger partial charge on any atom is 0.409 e. The molecular weight excluding hydrogens is 307 g/mol. The molecule has 1 heterocycles. The predicted molar refractivity (Wildman–Crippen MR) is 76.9 cm³/mol. The lowest BCUT2D eigenvalue weighted by atomic mass is 9.94. The zero-order chi connectivity index (χ0) is 16.6. The second-order valence-corrected chi connectivity index (χ2v) is 5.29. The number of halogens is 3. The van der Waals surface area contributed by atoms with Crippen molar-refractivity contribution in [2.24, 2.45) is 0 Å². The summed E-state index contributed by atoms with van der Waals surface area (Å²) >= 11 is 0. The summed E-state index contributed by atoms with van der Waals surface area (Å²) in [4.78, 5) is 11.3. The number of nitrogens with zero attached hydrogens (tertiary/aromatic N) is 2. The average molecular weight is 319 g/mol. The van der Waals surface area contributed by atoms with E-state index in [2.05, 4.69) is 5.43 Å². The van der Waals surface area contributed by atoms with E-state index in [-0.39, 0.29) is 29.5 Å². The van der Waals surface area contributed by atoms with E-state index in [1.165, 1.54) is 18.2 Å². The summed E-state index contributed by atoms with van der Waals surface area (Å²) in [6.07, 6.45) is -4.57. The molecule has 7 heteroatoms. The first-order chi connectivity index (χ1) is 10.9. The minimum Gasteiger partial charge on any atom is -0.288 e. The minimum atomic E-state index is -4.59. The molecule has 1 N–H and O–H groups in total. The molecule has 1 unspecified atom stereocenters. The quantitative estimate of drug-likeness (QED) is 0.925. The molecule has 1 atom stereocenters. The van der Waals surface area contributed by atoms with Crippen LogP contribution in [0.5, 0.6) is 0 Å². The number of hydrogen-bond donors (Lipinski definition) is 1. The fraction of sp³-hybridized carbons (Fsp3) is 0.250. The van der Waals surface area contributed by atoms with Gasteiger partial charge in [0.05, 0.1) is 11.6 Å². The van der Waals surface area contributed by atoms with Gasteiger partial charge in [-0.1, -0.05) is 30.3 Å². The SMILES string of the molecule is N#Cc1cccc2cccc(C(N3CCC(=O)N3)C(F)(F)F)c12. The maximum atomic E-state index is 13.7. The third-order valence-corrected chi connectivity index (χ3v) is 3.82. The lowest BCUT2D eigenvalue weighted by molar-refractivity contribution is -0.190. The Balaban J connectivity index is 2.23. The number of hydrogen-bond acceptors (Lipinski definition) is 3. The molecule has 1 saturated heterocycles. The fourth-order valence-electron chi connectivity index (χ4n) is 2.90.